The third-order valence-electron chi connectivity index (χ3n) is 5.60. The van der Waals surface area contributed by atoms with Crippen LogP contribution in [0.4, 0.5) is 9.39 Å². The molecule has 1 aliphatic heterocycles. The van der Waals surface area contributed by atoms with Crippen LogP contribution >= 0.6 is 11.3 Å². The van der Waals surface area contributed by atoms with Crippen LogP contribution in [0.15, 0.2) is 53.5 Å². The summed E-state index contributed by atoms with van der Waals surface area (Å²) < 4.78 is 13.3. The van der Waals surface area contributed by atoms with Crippen LogP contribution in [0.3, 0.4) is 0 Å². The topological polar surface area (TPSA) is 32.7 Å². The van der Waals surface area contributed by atoms with Gasteiger partial charge in [0.15, 0.2) is 0 Å². The highest BCUT2D eigenvalue weighted by Crippen LogP contribution is 2.44. The SMILES string of the molecule is Cc1cccc(C2=NCC(=O)N(Cc3ccc(F)cc3)c3sc4c(c32)CCC4)c1. The Morgan fingerprint density at radius 2 is 1.97 bits per heavy atom. The number of benzene rings is 2. The Labute approximate surface area is 173 Å². The van der Waals surface area contributed by atoms with E-state index in [-0.39, 0.29) is 18.3 Å². The van der Waals surface area contributed by atoms with Crippen molar-refractivity contribution in [3.8, 4) is 0 Å². The van der Waals surface area contributed by atoms with Crippen molar-refractivity contribution in [2.45, 2.75) is 32.7 Å². The summed E-state index contributed by atoms with van der Waals surface area (Å²) in [4.78, 5) is 21.1. The summed E-state index contributed by atoms with van der Waals surface area (Å²) in [5.41, 5.74) is 6.56. The molecule has 2 aliphatic rings. The summed E-state index contributed by atoms with van der Waals surface area (Å²) in [5.74, 6) is -0.282. The lowest BCUT2D eigenvalue weighted by Crippen LogP contribution is -2.31. The molecule has 2 heterocycles. The quantitative estimate of drug-likeness (QED) is 0.600. The highest BCUT2D eigenvalue weighted by atomic mass is 32.1. The molecule has 0 bridgehead atoms. The van der Waals surface area contributed by atoms with E-state index in [1.807, 2.05) is 11.0 Å². The fraction of sp³-hybridized carbons (Fsp3) is 0.250. The van der Waals surface area contributed by atoms with E-state index in [4.69, 9.17) is 4.99 Å². The zero-order valence-electron chi connectivity index (χ0n) is 16.2. The molecule has 0 saturated heterocycles. The number of thiophene rings is 1. The van der Waals surface area contributed by atoms with Crippen molar-refractivity contribution in [3.63, 3.8) is 0 Å². The maximum Gasteiger partial charge on any atom is 0.249 e. The lowest BCUT2D eigenvalue weighted by atomic mass is 9.98. The van der Waals surface area contributed by atoms with E-state index in [9.17, 15) is 9.18 Å². The van der Waals surface area contributed by atoms with Crippen molar-refractivity contribution < 1.29 is 9.18 Å². The van der Waals surface area contributed by atoms with Crippen molar-refractivity contribution in [3.05, 3.63) is 87.0 Å². The first-order valence-electron chi connectivity index (χ1n) is 9.91. The maximum absolute atomic E-state index is 13.3. The molecule has 0 spiro atoms. The summed E-state index contributed by atoms with van der Waals surface area (Å²) in [6, 6.07) is 14.7. The van der Waals surface area contributed by atoms with Crippen LogP contribution in [0.5, 0.6) is 0 Å². The van der Waals surface area contributed by atoms with Gasteiger partial charge in [-0.3, -0.25) is 14.7 Å². The van der Waals surface area contributed by atoms with Crippen LogP contribution in [0.25, 0.3) is 0 Å². The van der Waals surface area contributed by atoms with E-state index in [0.717, 1.165) is 46.7 Å². The molecule has 1 aromatic heterocycles. The van der Waals surface area contributed by atoms with Gasteiger partial charge in [-0.1, -0.05) is 35.9 Å². The number of hydrogen-bond donors (Lipinski definition) is 0. The normalized spacial score (nSPS) is 15.7. The minimum absolute atomic E-state index is 0.0156. The first-order chi connectivity index (χ1) is 14.1. The number of halogens is 1. The number of fused-ring (bicyclic) bond motifs is 3. The lowest BCUT2D eigenvalue weighted by molar-refractivity contribution is -0.117. The standard InChI is InChI=1S/C24H21FN2OS/c1-15-4-2-5-17(12-15)23-22-19-6-3-7-20(19)29-24(22)27(21(28)13-26-23)14-16-8-10-18(25)11-9-16/h2,4-5,8-12H,3,6-7,13-14H2,1H3. The first kappa shape index (κ1) is 18.3. The highest BCUT2D eigenvalue weighted by molar-refractivity contribution is 7.17. The van der Waals surface area contributed by atoms with E-state index < -0.39 is 0 Å². The fourth-order valence-corrected chi connectivity index (χ4v) is 5.61. The molecule has 146 valence electrons. The number of carbonyl (C=O) groups is 1. The van der Waals surface area contributed by atoms with Crippen LogP contribution < -0.4 is 4.90 Å². The number of aryl methyl sites for hydroxylation is 2. The predicted molar refractivity (Wildman–Crippen MR) is 116 cm³/mol. The summed E-state index contributed by atoms with van der Waals surface area (Å²) in [6.45, 7) is 2.63. The van der Waals surface area contributed by atoms with Crippen LogP contribution in [-0.2, 0) is 24.2 Å². The van der Waals surface area contributed by atoms with Gasteiger partial charge in [0.05, 0.1) is 12.3 Å². The Morgan fingerprint density at radius 3 is 2.76 bits per heavy atom. The number of carbonyl (C=O) groups excluding carboxylic acids is 1. The second kappa shape index (κ2) is 7.23. The van der Waals surface area contributed by atoms with Gasteiger partial charge in [0.1, 0.15) is 17.4 Å². The third-order valence-corrected chi connectivity index (χ3v) is 6.92. The van der Waals surface area contributed by atoms with Gasteiger partial charge in [-0.25, -0.2) is 4.39 Å². The van der Waals surface area contributed by atoms with E-state index in [1.165, 1.54) is 28.1 Å². The Kier molecular flexibility index (Phi) is 4.55. The van der Waals surface area contributed by atoms with Gasteiger partial charge in [0.2, 0.25) is 5.91 Å². The molecule has 0 saturated carbocycles. The average Bonchev–Trinajstić information content (AvgIpc) is 3.26. The second-order valence-electron chi connectivity index (χ2n) is 7.68. The van der Waals surface area contributed by atoms with Crippen LogP contribution in [0.1, 0.15) is 39.1 Å². The number of aliphatic imine (C=N–C) groups is 1. The summed E-state index contributed by atoms with van der Waals surface area (Å²) in [6.07, 6.45) is 3.25. The van der Waals surface area contributed by atoms with Crippen molar-refractivity contribution in [1.29, 1.82) is 0 Å². The Balaban J connectivity index is 1.63. The molecule has 0 N–H and O–H groups in total. The predicted octanol–water partition coefficient (Wildman–Crippen LogP) is 5.07. The number of anilines is 1. The molecule has 2 aromatic carbocycles. The van der Waals surface area contributed by atoms with Gasteiger partial charge in [0, 0.05) is 16.0 Å². The number of amides is 1. The van der Waals surface area contributed by atoms with E-state index in [1.54, 1.807) is 23.5 Å². The Morgan fingerprint density at radius 1 is 1.14 bits per heavy atom. The summed E-state index contributed by atoms with van der Waals surface area (Å²) >= 11 is 1.72. The smallest absolute Gasteiger partial charge is 0.249 e. The largest absolute Gasteiger partial charge is 0.297 e. The molecule has 3 nitrogen and oxygen atoms in total. The number of rotatable bonds is 3. The van der Waals surface area contributed by atoms with Gasteiger partial charge in [-0.05, 0) is 55.5 Å². The average molecular weight is 405 g/mol. The molecule has 1 aliphatic carbocycles. The molecule has 0 atom stereocenters. The molecular weight excluding hydrogens is 383 g/mol. The van der Waals surface area contributed by atoms with Crippen LogP contribution in [0, 0.1) is 12.7 Å². The van der Waals surface area contributed by atoms with Crippen molar-refractivity contribution in [1.82, 2.24) is 0 Å². The van der Waals surface area contributed by atoms with Crippen LogP contribution in [0.2, 0.25) is 0 Å². The molecule has 5 rings (SSSR count). The Hall–Kier alpha value is -2.79. The fourth-order valence-electron chi connectivity index (χ4n) is 4.21. The summed E-state index contributed by atoms with van der Waals surface area (Å²) in [5, 5.41) is 0.988. The summed E-state index contributed by atoms with van der Waals surface area (Å²) in [7, 11) is 0. The van der Waals surface area contributed by atoms with Gasteiger partial charge >= 0.3 is 0 Å². The van der Waals surface area contributed by atoms with Gasteiger partial charge in [-0.15, -0.1) is 11.3 Å². The monoisotopic (exact) mass is 404 g/mol. The molecule has 0 fully saturated rings. The minimum atomic E-state index is -0.267. The number of nitrogens with zero attached hydrogens (tertiary/aromatic N) is 2. The van der Waals surface area contributed by atoms with Crippen LogP contribution in [-0.4, -0.2) is 18.2 Å². The minimum Gasteiger partial charge on any atom is -0.297 e. The zero-order chi connectivity index (χ0) is 20.0. The van der Waals surface area contributed by atoms with E-state index >= 15 is 0 Å². The molecule has 0 unspecified atom stereocenters. The second-order valence-corrected chi connectivity index (χ2v) is 8.76. The lowest BCUT2D eigenvalue weighted by Gasteiger charge is -2.21. The van der Waals surface area contributed by atoms with E-state index in [0.29, 0.717) is 6.54 Å². The molecular formula is C24H21FN2OS. The highest BCUT2D eigenvalue weighted by Gasteiger charge is 2.33. The van der Waals surface area contributed by atoms with Gasteiger partial charge in [0.25, 0.3) is 0 Å². The van der Waals surface area contributed by atoms with Gasteiger partial charge < -0.3 is 0 Å². The van der Waals surface area contributed by atoms with E-state index in [2.05, 4.69) is 25.1 Å². The molecule has 29 heavy (non-hydrogen) atoms. The molecule has 0 radical (unpaired) electrons. The molecule has 3 aromatic rings. The Bertz CT molecular complexity index is 1130. The van der Waals surface area contributed by atoms with Crippen molar-refractivity contribution in [2.75, 3.05) is 11.4 Å². The maximum atomic E-state index is 13.3. The number of hydrogen-bond acceptors (Lipinski definition) is 3. The van der Waals surface area contributed by atoms with Crippen molar-refractivity contribution in [2.24, 2.45) is 4.99 Å². The zero-order valence-corrected chi connectivity index (χ0v) is 17.1. The first-order valence-corrected chi connectivity index (χ1v) is 10.7. The molecule has 1 amide bonds. The van der Waals surface area contributed by atoms with Gasteiger partial charge in [-0.2, -0.15) is 0 Å². The molecule has 5 heteroatoms. The van der Waals surface area contributed by atoms with Crippen molar-refractivity contribution >= 4 is 28.0 Å². The third kappa shape index (κ3) is 3.29.